The van der Waals surface area contributed by atoms with Gasteiger partial charge in [0.2, 0.25) is 0 Å². The predicted molar refractivity (Wildman–Crippen MR) is 82.3 cm³/mol. The molecule has 1 aromatic rings. The fourth-order valence-corrected chi connectivity index (χ4v) is 2.60. The lowest BCUT2D eigenvalue weighted by atomic mass is 10.1. The van der Waals surface area contributed by atoms with Gasteiger partial charge in [0.15, 0.2) is 0 Å². The van der Waals surface area contributed by atoms with E-state index in [1.165, 1.54) is 70.0 Å². The minimum atomic E-state index is 0.807. The molecule has 0 atom stereocenters. The van der Waals surface area contributed by atoms with Crippen molar-refractivity contribution in [3.63, 3.8) is 0 Å². The lowest BCUT2D eigenvalue weighted by Crippen LogP contribution is -2.18. The number of rotatable bonds is 11. The molecule has 2 rings (SSSR count). The van der Waals surface area contributed by atoms with Crippen LogP contribution in [0.4, 0.5) is 0 Å². The highest BCUT2D eigenvalue weighted by atomic mass is 15.0. The quantitative estimate of drug-likeness (QED) is 0.581. The Labute approximate surface area is 118 Å². The van der Waals surface area contributed by atoms with E-state index in [4.69, 9.17) is 0 Å². The standard InChI is InChI=1S/C17H30N2/c1-2-3-4-5-6-7-8-13-19-14-9-10-17(19)15-18-16-11-12-16/h9-10,14,16,18H,2-8,11-13,15H2,1H3. The topological polar surface area (TPSA) is 17.0 Å². The van der Waals surface area contributed by atoms with Crippen molar-refractivity contribution < 1.29 is 0 Å². The molecule has 0 radical (unpaired) electrons. The monoisotopic (exact) mass is 262 g/mol. The highest BCUT2D eigenvalue weighted by molar-refractivity contribution is 5.07. The van der Waals surface area contributed by atoms with Gasteiger partial charge in [-0.2, -0.15) is 0 Å². The maximum absolute atomic E-state index is 3.60. The van der Waals surface area contributed by atoms with Crippen molar-refractivity contribution in [2.24, 2.45) is 0 Å². The third-order valence-electron chi connectivity index (χ3n) is 4.08. The van der Waals surface area contributed by atoms with Crippen molar-refractivity contribution >= 4 is 0 Å². The average molecular weight is 262 g/mol. The third-order valence-corrected chi connectivity index (χ3v) is 4.08. The largest absolute Gasteiger partial charge is 0.350 e. The molecule has 1 heterocycles. The van der Waals surface area contributed by atoms with Gasteiger partial charge in [0.1, 0.15) is 0 Å². The maximum atomic E-state index is 3.60. The first-order chi connectivity index (χ1) is 9.40. The van der Waals surface area contributed by atoms with Gasteiger partial charge in [0.25, 0.3) is 0 Å². The van der Waals surface area contributed by atoms with E-state index in [1.807, 2.05) is 0 Å². The maximum Gasteiger partial charge on any atom is 0.0361 e. The van der Waals surface area contributed by atoms with E-state index in [0.717, 1.165) is 12.6 Å². The lowest BCUT2D eigenvalue weighted by molar-refractivity contribution is 0.534. The molecule has 1 fully saturated rings. The van der Waals surface area contributed by atoms with E-state index in [2.05, 4.69) is 35.1 Å². The van der Waals surface area contributed by atoms with Gasteiger partial charge >= 0.3 is 0 Å². The van der Waals surface area contributed by atoms with Crippen molar-refractivity contribution in [2.75, 3.05) is 0 Å². The van der Waals surface area contributed by atoms with Gasteiger partial charge in [0.05, 0.1) is 0 Å². The van der Waals surface area contributed by atoms with Crippen LogP contribution in [0.3, 0.4) is 0 Å². The number of aromatic nitrogens is 1. The molecule has 1 N–H and O–H groups in total. The Morgan fingerprint density at radius 3 is 2.58 bits per heavy atom. The Hall–Kier alpha value is -0.760. The highest BCUT2D eigenvalue weighted by Crippen LogP contribution is 2.19. The van der Waals surface area contributed by atoms with E-state index in [9.17, 15) is 0 Å². The molecular weight excluding hydrogens is 232 g/mol. The molecular formula is C17H30N2. The van der Waals surface area contributed by atoms with E-state index in [0.29, 0.717) is 0 Å². The first-order valence-corrected chi connectivity index (χ1v) is 8.27. The van der Waals surface area contributed by atoms with Gasteiger partial charge in [-0.3, -0.25) is 0 Å². The zero-order valence-electron chi connectivity index (χ0n) is 12.5. The molecule has 1 aliphatic rings. The van der Waals surface area contributed by atoms with Gasteiger partial charge in [-0.25, -0.2) is 0 Å². The van der Waals surface area contributed by atoms with E-state index < -0.39 is 0 Å². The van der Waals surface area contributed by atoms with E-state index >= 15 is 0 Å². The summed E-state index contributed by atoms with van der Waals surface area (Å²) in [6.45, 7) is 4.53. The molecule has 0 aromatic carbocycles. The Bertz CT molecular complexity index is 339. The summed E-state index contributed by atoms with van der Waals surface area (Å²) in [4.78, 5) is 0. The molecule has 19 heavy (non-hydrogen) atoms. The zero-order chi connectivity index (χ0) is 13.3. The third kappa shape index (κ3) is 5.82. The van der Waals surface area contributed by atoms with Crippen molar-refractivity contribution in [3.05, 3.63) is 24.0 Å². The predicted octanol–water partition coefficient (Wildman–Crippen LogP) is 4.49. The molecule has 1 aliphatic carbocycles. The van der Waals surface area contributed by atoms with Gasteiger partial charge in [-0.1, -0.05) is 45.4 Å². The fourth-order valence-electron chi connectivity index (χ4n) is 2.60. The van der Waals surface area contributed by atoms with Crippen LogP contribution in [-0.4, -0.2) is 10.6 Å². The molecule has 0 spiro atoms. The summed E-state index contributed by atoms with van der Waals surface area (Å²) in [7, 11) is 0. The number of nitrogens with zero attached hydrogens (tertiary/aromatic N) is 1. The summed E-state index contributed by atoms with van der Waals surface area (Å²) in [5, 5.41) is 3.60. The fraction of sp³-hybridized carbons (Fsp3) is 0.765. The summed E-state index contributed by atoms with van der Waals surface area (Å²) >= 11 is 0. The average Bonchev–Trinajstić information content (AvgIpc) is 3.15. The second-order valence-electron chi connectivity index (χ2n) is 5.97. The second-order valence-corrected chi connectivity index (χ2v) is 5.97. The lowest BCUT2D eigenvalue weighted by Gasteiger charge is -2.10. The van der Waals surface area contributed by atoms with Gasteiger partial charge in [-0.05, 0) is 31.4 Å². The van der Waals surface area contributed by atoms with E-state index in [-0.39, 0.29) is 0 Å². The SMILES string of the molecule is CCCCCCCCCn1cccc1CNC1CC1. The molecule has 0 saturated heterocycles. The number of unbranched alkanes of at least 4 members (excludes halogenated alkanes) is 6. The number of hydrogen-bond donors (Lipinski definition) is 1. The van der Waals surface area contributed by atoms with Crippen LogP contribution in [0, 0.1) is 0 Å². The Morgan fingerprint density at radius 2 is 1.84 bits per heavy atom. The normalized spacial score (nSPS) is 15.0. The van der Waals surface area contributed by atoms with Crippen molar-refractivity contribution in [1.29, 1.82) is 0 Å². The van der Waals surface area contributed by atoms with Crippen LogP contribution in [0.5, 0.6) is 0 Å². The van der Waals surface area contributed by atoms with Crippen LogP contribution in [-0.2, 0) is 13.1 Å². The summed E-state index contributed by atoms with van der Waals surface area (Å²) in [5.41, 5.74) is 1.46. The summed E-state index contributed by atoms with van der Waals surface area (Å²) < 4.78 is 2.43. The first kappa shape index (κ1) is 14.6. The van der Waals surface area contributed by atoms with Gasteiger partial charge < -0.3 is 9.88 Å². The van der Waals surface area contributed by atoms with Crippen molar-refractivity contribution in [2.45, 2.75) is 83.8 Å². The van der Waals surface area contributed by atoms with E-state index in [1.54, 1.807) is 0 Å². The zero-order valence-corrected chi connectivity index (χ0v) is 12.5. The minimum Gasteiger partial charge on any atom is -0.350 e. The van der Waals surface area contributed by atoms with Crippen LogP contribution in [0.15, 0.2) is 18.3 Å². The van der Waals surface area contributed by atoms with Crippen LogP contribution in [0.25, 0.3) is 0 Å². The van der Waals surface area contributed by atoms with Crippen molar-refractivity contribution in [3.8, 4) is 0 Å². The Morgan fingerprint density at radius 1 is 1.11 bits per heavy atom. The van der Waals surface area contributed by atoms with Gasteiger partial charge in [0, 0.05) is 31.0 Å². The first-order valence-electron chi connectivity index (χ1n) is 8.27. The van der Waals surface area contributed by atoms with Crippen LogP contribution < -0.4 is 5.32 Å². The molecule has 0 amide bonds. The van der Waals surface area contributed by atoms with Crippen LogP contribution in [0.2, 0.25) is 0 Å². The molecule has 0 unspecified atom stereocenters. The molecule has 0 bridgehead atoms. The summed E-state index contributed by atoms with van der Waals surface area (Å²) in [6.07, 6.45) is 14.7. The highest BCUT2D eigenvalue weighted by Gasteiger charge is 2.20. The number of nitrogens with one attached hydrogen (secondary N) is 1. The number of hydrogen-bond acceptors (Lipinski definition) is 1. The summed E-state index contributed by atoms with van der Waals surface area (Å²) in [6, 6.07) is 5.25. The summed E-state index contributed by atoms with van der Waals surface area (Å²) in [5.74, 6) is 0. The number of aryl methyl sites for hydroxylation is 1. The molecule has 0 aliphatic heterocycles. The molecule has 1 saturated carbocycles. The molecule has 1 aromatic heterocycles. The van der Waals surface area contributed by atoms with Crippen LogP contribution in [0.1, 0.15) is 70.4 Å². The minimum absolute atomic E-state index is 0.807. The molecule has 108 valence electrons. The molecule has 2 heteroatoms. The second kappa shape index (κ2) is 8.42. The van der Waals surface area contributed by atoms with Crippen molar-refractivity contribution in [1.82, 2.24) is 9.88 Å². The Kier molecular flexibility index (Phi) is 6.49. The smallest absolute Gasteiger partial charge is 0.0361 e. The van der Waals surface area contributed by atoms with Crippen LogP contribution >= 0.6 is 0 Å². The van der Waals surface area contributed by atoms with Gasteiger partial charge in [-0.15, -0.1) is 0 Å². The Balaban J connectivity index is 1.55. The molecule has 2 nitrogen and oxygen atoms in total.